The summed E-state index contributed by atoms with van der Waals surface area (Å²) in [5, 5.41) is 2.24. The van der Waals surface area contributed by atoms with Crippen LogP contribution < -0.4 is 5.32 Å². The Morgan fingerprint density at radius 1 is 1.33 bits per heavy atom. The van der Waals surface area contributed by atoms with Gasteiger partial charge in [0.05, 0.1) is 6.61 Å². The summed E-state index contributed by atoms with van der Waals surface area (Å²) < 4.78 is 4.64. The molecule has 0 radical (unpaired) electrons. The van der Waals surface area contributed by atoms with E-state index in [1.54, 1.807) is 6.92 Å². The van der Waals surface area contributed by atoms with Crippen LogP contribution in [0.25, 0.3) is 0 Å². The van der Waals surface area contributed by atoms with E-state index in [0.717, 1.165) is 0 Å². The minimum atomic E-state index is -1.24. The van der Waals surface area contributed by atoms with Crippen molar-refractivity contribution in [2.45, 2.75) is 26.8 Å². The smallest absolute Gasteiger partial charge is 0.336 e. The highest BCUT2D eigenvalue weighted by Gasteiger charge is 2.26. The molecule has 0 aromatic rings. The summed E-state index contributed by atoms with van der Waals surface area (Å²) in [5.41, 5.74) is 0.227. The topological polar surface area (TPSA) is 72.5 Å². The third-order valence-corrected chi connectivity index (χ3v) is 1.59. The van der Waals surface area contributed by atoms with Crippen LogP contribution in [-0.2, 0) is 19.1 Å². The Hall–Kier alpha value is -1.65. The Morgan fingerprint density at radius 2 is 1.87 bits per heavy atom. The number of ether oxygens (including phenoxy) is 1. The van der Waals surface area contributed by atoms with Crippen LogP contribution in [-0.4, -0.2) is 30.3 Å². The molecule has 0 aliphatic heterocycles. The van der Waals surface area contributed by atoms with Gasteiger partial charge in [0.2, 0.25) is 5.91 Å². The van der Waals surface area contributed by atoms with Gasteiger partial charge in [0.25, 0.3) is 0 Å². The molecule has 0 spiro atoms. The molecule has 1 atom stereocenters. The number of Topliss-reactive ketones (excluding diaryl/α,β-unsaturated/α-hetero) is 1. The number of amides is 1. The van der Waals surface area contributed by atoms with E-state index in [1.165, 1.54) is 13.8 Å². The van der Waals surface area contributed by atoms with E-state index in [2.05, 4.69) is 16.6 Å². The largest absolute Gasteiger partial charge is 0.464 e. The Kier molecular flexibility index (Phi) is 5.30. The first-order valence-corrected chi connectivity index (χ1v) is 4.53. The Bertz CT molecular complexity index is 296. The van der Waals surface area contributed by atoms with Gasteiger partial charge in [0.15, 0.2) is 11.8 Å². The number of nitrogens with one attached hydrogen (secondary N) is 1. The number of carbonyl (C=O) groups is 3. The fraction of sp³-hybridized carbons (Fsp3) is 0.500. The van der Waals surface area contributed by atoms with E-state index in [9.17, 15) is 14.4 Å². The standard InChI is InChI=1S/C10H15NO4/c1-5-15-10(14)8(7(4)12)11-9(13)6(2)3/h8H,2,5H2,1,3-4H3,(H,11,13). The second-order valence-corrected chi connectivity index (χ2v) is 3.05. The summed E-state index contributed by atoms with van der Waals surface area (Å²) >= 11 is 0. The van der Waals surface area contributed by atoms with Crippen LogP contribution in [0.15, 0.2) is 12.2 Å². The SMILES string of the molecule is C=C(C)C(=O)NC(C(C)=O)C(=O)OCC. The van der Waals surface area contributed by atoms with E-state index in [1.807, 2.05) is 0 Å². The maximum Gasteiger partial charge on any atom is 0.336 e. The molecule has 0 fully saturated rings. The first-order chi connectivity index (χ1) is 6.90. The first kappa shape index (κ1) is 13.4. The number of hydrogen-bond acceptors (Lipinski definition) is 4. The van der Waals surface area contributed by atoms with Gasteiger partial charge in [-0.1, -0.05) is 6.58 Å². The third kappa shape index (κ3) is 4.39. The molecule has 0 aliphatic carbocycles. The van der Waals surface area contributed by atoms with Crippen LogP contribution in [0, 0.1) is 0 Å². The molecule has 0 aromatic heterocycles. The molecule has 0 aliphatic rings. The van der Waals surface area contributed by atoms with Crippen molar-refractivity contribution in [2.75, 3.05) is 6.61 Å². The van der Waals surface area contributed by atoms with Crippen LogP contribution >= 0.6 is 0 Å². The van der Waals surface area contributed by atoms with Gasteiger partial charge in [-0.15, -0.1) is 0 Å². The first-order valence-electron chi connectivity index (χ1n) is 4.53. The molecule has 1 N–H and O–H groups in total. The predicted molar refractivity (Wildman–Crippen MR) is 54.1 cm³/mol. The summed E-state index contributed by atoms with van der Waals surface area (Å²) in [5.74, 6) is -1.76. The van der Waals surface area contributed by atoms with Crippen LogP contribution in [0.5, 0.6) is 0 Å². The number of ketones is 1. The van der Waals surface area contributed by atoms with Gasteiger partial charge in [0.1, 0.15) is 0 Å². The van der Waals surface area contributed by atoms with Gasteiger partial charge < -0.3 is 10.1 Å². The second-order valence-electron chi connectivity index (χ2n) is 3.05. The average molecular weight is 213 g/mol. The molecule has 5 nitrogen and oxygen atoms in total. The lowest BCUT2D eigenvalue weighted by Gasteiger charge is -2.14. The zero-order valence-corrected chi connectivity index (χ0v) is 9.12. The summed E-state index contributed by atoms with van der Waals surface area (Å²) in [4.78, 5) is 33.5. The number of carbonyl (C=O) groups excluding carboxylic acids is 3. The predicted octanol–water partition coefficient (Wildman–Crippen LogP) is 0.199. The lowest BCUT2D eigenvalue weighted by Crippen LogP contribution is -2.46. The summed E-state index contributed by atoms with van der Waals surface area (Å²) in [6, 6.07) is -1.24. The minimum Gasteiger partial charge on any atom is -0.464 e. The highest BCUT2D eigenvalue weighted by Crippen LogP contribution is 1.95. The van der Waals surface area contributed by atoms with Crippen LogP contribution in [0.1, 0.15) is 20.8 Å². The molecule has 1 amide bonds. The highest BCUT2D eigenvalue weighted by atomic mass is 16.5. The maximum atomic E-state index is 11.3. The molecule has 0 saturated carbocycles. The van der Waals surface area contributed by atoms with Crippen molar-refractivity contribution in [2.24, 2.45) is 0 Å². The molecule has 0 saturated heterocycles. The molecule has 0 rings (SSSR count). The van der Waals surface area contributed by atoms with Crippen molar-refractivity contribution in [1.29, 1.82) is 0 Å². The fourth-order valence-corrected chi connectivity index (χ4v) is 0.806. The van der Waals surface area contributed by atoms with Crippen LogP contribution in [0.4, 0.5) is 0 Å². The quantitative estimate of drug-likeness (QED) is 0.402. The monoisotopic (exact) mass is 213 g/mol. The van der Waals surface area contributed by atoms with E-state index in [0.29, 0.717) is 0 Å². The number of hydrogen-bond donors (Lipinski definition) is 1. The average Bonchev–Trinajstić information content (AvgIpc) is 2.13. The van der Waals surface area contributed by atoms with Crippen LogP contribution in [0.2, 0.25) is 0 Å². The van der Waals surface area contributed by atoms with Gasteiger partial charge in [-0.3, -0.25) is 9.59 Å². The molecule has 5 heteroatoms. The second kappa shape index (κ2) is 5.95. The van der Waals surface area contributed by atoms with Crippen molar-refractivity contribution in [3.8, 4) is 0 Å². The minimum absolute atomic E-state index is 0.158. The number of esters is 1. The maximum absolute atomic E-state index is 11.3. The lowest BCUT2D eigenvalue weighted by atomic mass is 10.2. The molecular formula is C10H15NO4. The summed E-state index contributed by atoms with van der Waals surface area (Å²) in [7, 11) is 0. The molecule has 15 heavy (non-hydrogen) atoms. The van der Waals surface area contributed by atoms with E-state index in [-0.39, 0.29) is 12.2 Å². The lowest BCUT2D eigenvalue weighted by molar-refractivity contribution is -0.149. The van der Waals surface area contributed by atoms with Gasteiger partial charge in [-0.2, -0.15) is 0 Å². The Balaban J connectivity index is 4.55. The highest BCUT2D eigenvalue weighted by molar-refractivity contribution is 6.06. The van der Waals surface area contributed by atoms with Crippen molar-refractivity contribution in [3.05, 3.63) is 12.2 Å². The third-order valence-electron chi connectivity index (χ3n) is 1.59. The molecule has 1 unspecified atom stereocenters. The van der Waals surface area contributed by atoms with E-state index >= 15 is 0 Å². The molecule has 0 heterocycles. The van der Waals surface area contributed by atoms with Gasteiger partial charge in [-0.05, 0) is 20.8 Å². The normalized spacial score (nSPS) is 11.4. The zero-order valence-electron chi connectivity index (χ0n) is 9.12. The van der Waals surface area contributed by atoms with Gasteiger partial charge in [0, 0.05) is 5.57 Å². The zero-order chi connectivity index (χ0) is 12.0. The van der Waals surface area contributed by atoms with Crippen molar-refractivity contribution < 1.29 is 19.1 Å². The molecule has 0 aromatic carbocycles. The van der Waals surface area contributed by atoms with Crippen molar-refractivity contribution in [1.82, 2.24) is 5.32 Å². The Labute approximate surface area is 88.5 Å². The Morgan fingerprint density at radius 3 is 2.20 bits per heavy atom. The molecule has 84 valence electrons. The number of rotatable bonds is 5. The summed E-state index contributed by atoms with van der Waals surface area (Å²) in [6.07, 6.45) is 0. The van der Waals surface area contributed by atoms with Crippen molar-refractivity contribution >= 4 is 17.7 Å². The fourth-order valence-electron chi connectivity index (χ4n) is 0.806. The van der Waals surface area contributed by atoms with E-state index in [4.69, 9.17) is 0 Å². The van der Waals surface area contributed by atoms with Crippen LogP contribution in [0.3, 0.4) is 0 Å². The van der Waals surface area contributed by atoms with Crippen molar-refractivity contribution in [3.63, 3.8) is 0 Å². The molecular weight excluding hydrogens is 198 g/mol. The van der Waals surface area contributed by atoms with Gasteiger partial charge >= 0.3 is 5.97 Å². The van der Waals surface area contributed by atoms with E-state index < -0.39 is 23.7 Å². The molecule has 0 bridgehead atoms. The summed E-state index contributed by atoms with van der Waals surface area (Å²) in [6.45, 7) is 7.87. The van der Waals surface area contributed by atoms with Gasteiger partial charge in [-0.25, -0.2) is 4.79 Å².